The molecule has 1 unspecified atom stereocenters. The van der Waals surface area contributed by atoms with Crippen LogP contribution in [0, 0.1) is 6.92 Å². The van der Waals surface area contributed by atoms with Crippen LogP contribution in [-0.4, -0.2) is 91.9 Å². The minimum absolute atomic E-state index is 0.00818. The third-order valence-electron chi connectivity index (χ3n) is 8.49. The molecule has 3 amide bonds. The Morgan fingerprint density at radius 1 is 0.935 bits per heavy atom. The molecule has 3 aliphatic rings. The van der Waals surface area contributed by atoms with E-state index in [4.69, 9.17) is 23.5 Å². The number of nitrogens with one attached hydrogen (secondary N) is 1. The highest BCUT2D eigenvalue weighted by Gasteiger charge is 2.29. The molecule has 1 aromatic heterocycles. The topological polar surface area (TPSA) is 133 Å². The van der Waals surface area contributed by atoms with E-state index in [2.05, 4.69) is 10.5 Å². The highest BCUT2D eigenvalue weighted by molar-refractivity contribution is 5.96. The Morgan fingerprint density at radius 3 is 2.59 bits per heavy atom. The molecule has 3 aromatic rings. The summed E-state index contributed by atoms with van der Waals surface area (Å²) < 4.78 is 29.2. The fraction of sp³-hybridized carbons (Fsp3) is 0.471. The summed E-state index contributed by atoms with van der Waals surface area (Å²) in [6.07, 6.45) is 3.29. The van der Waals surface area contributed by atoms with Gasteiger partial charge in [0.25, 0.3) is 17.7 Å². The molecule has 12 heteroatoms. The quantitative estimate of drug-likeness (QED) is 0.455. The van der Waals surface area contributed by atoms with E-state index in [-0.39, 0.29) is 36.6 Å². The average Bonchev–Trinajstić information content (AvgIpc) is 3.72. The Bertz CT molecular complexity index is 1580. The standard InChI is InChI=1S/C34H40N4O8/c1-22-17-27(36-46-22)33(40)38-13-16-45-31-25(21-38)18-24-20-30(31)44-15-6-12-37(34(41)29-7-5-14-43-29)11-4-3-10-35-32(39)23-8-9-28(42-2)26(24)19-23/h8-9,17-20,29H,3-7,10-16,21H2,1-2H3,(H,35,39). The first-order valence-electron chi connectivity index (χ1n) is 15.9. The summed E-state index contributed by atoms with van der Waals surface area (Å²) in [6.45, 7) is 5.11. The van der Waals surface area contributed by atoms with Crippen molar-refractivity contribution in [2.75, 3.05) is 53.1 Å². The molecule has 244 valence electrons. The van der Waals surface area contributed by atoms with Crippen molar-refractivity contribution in [2.45, 2.75) is 51.7 Å². The zero-order valence-corrected chi connectivity index (χ0v) is 26.3. The maximum Gasteiger partial charge on any atom is 0.276 e. The molecule has 46 heavy (non-hydrogen) atoms. The maximum absolute atomic E-state index is 13.4. The Hall–Kier alpha value is -4.58. The molecule has 4 heterocycles. The van der Waals surface area contributed by atoms with Gasteiger partial charge in [-0.15, -0.1) is 0 Å². The second-order valence-corrected chi connectivity index (χ2v) is 11.8. The number of ether oxygens (including phenoxy) is 4. The Balaban J connectivity index is 1.34. The van der Waals surface area contributed by atoms with Crippen molar-refractivity contribution in [2.24, 2.45) is 0 Å². The molecule has 1 saturated heterocycles. The number of carbonyl (C=O) groups is 3. The lowest BCUT2D eigenvalue weighted by atomic mass is 9.98. The van der Waals surface area contributed by atoms with Gasteiger partial charge in [-0.25, -0.2) is 0 Å². The number of fused-ring (bicyclic) bond motifs is 7. The van der Waals surface area contributed by atoms with E-state index >= 15 is 0 Å². The van der Waals surface area contributed by atoms with Gasteiger partial charge in [0.05, 0.1) is 20.3 Å². The Morgan fingerprint density at radius 2 is 1.80 bits per heavy atom. The molecule has 12 nitrogen and oxygen atoms in total. The van der Waals surface area contributed by atoms with Crippen molar-refractivity contribution >= 4 is 17.7 Å². The molecule has 1 fully saturated rings. The van der Waals surface area contributed by atoms with Crippen LogP contribution >= 0.6 is 0 Å². The number of methoxy groups -OCH3 is 1. The first kappa shape index (κ1) is 31.4. The van der Waals surface area contributed by atoms with Gasteiger partial charge in [0, 0.05) is 55.5 Å². The van der Waals surface area contributed by atoms with Crippen LogP contribution in [0.15, 0.2) is 40.9 Å². The zero-order chi connectivity index (χ0) is 32.0. The molecular weight excluding hydrogens is 592 g/mol. The molecule has 1 N–H and O–H groups in total. The van der Waals surface area contributed by atoms with Crippen molar-refractivity contribution in [3.05, 3.63) is 59.0 Å². The summed E-state index contributed by atoms with van der Waals surface area (Å²) in [4.78, 5) is 43.4. The average molecular weight is 633 g/mol. The zero-order valence-electron chi connectivity index (χ0n) is 26.3. The fourth-order valence-electron chi connectivity index (χ4n) is 6.10. The molecule has 0 saturated carbocycles. The summed E-state index contributed by atoms with van der Waals surface area (Å²) in [5.41, 5.74) is 2.91. The number of carbonyl (C=O) groups excluding carboxylic acids is 3. The van der Waals surface area contributed by atoms with E-state index in [1.54, 1.807) is 43.2 Å². The molecule has 2 aromatic carbocycles. The Labute approximate surface area is 267 Å². The molecule has 0 aliphatic carbocycles. The van der Waals surface area contributed by atoms with Gasteiger partial charge in [-0.2, -0.15) is 0 Å². The van der Waals surface area contributed by atoms with Gasteiger partial charge in [0.15, 0.2) is 17.2 Å². The minimum atomic E-state index is -0.399. The predicted octanol–water partition coefficient (Wildman–Crippen LogP) is 3.99. The van der Waals surface area contributed by atoms with Gasteiger partial charge >= 0.3 is 0 Å². The number of amides is 3. The molecule has 0 spiro atoms. The minimum Gasteiger partial charge on any atom is -0.496 e. The summed E-state index contributed by atoms with van der Waals surface area (Å²) in [5, 5.41) is 6.93. The van der Waals surface area contributed by atoms with Crippen LogP contribution in [0.1, 0.15) is 64.3 Å². The Kier molecular flexibility index (Phi) is 9.72. The molecule has 1 atom stereocenters. The van der Waals surface area contributed by atoms with Gasteiger partial charge < -0.3 is 38.6 Å². The highest BCUT2D eigenvalue weighted by atomic mass is 16.5. The van der Waals surface area contributed by atoms with E-state index in [0.717, 1.165) is 36.8 Å². The van der Waals surface area contributed by atoms with Crippen LogP contribution in [0.2, 0.25) is 0 Å². The first-order valence-corrected chi connectivity index (χ1v) is 15.9. The van der Waals surface area contributed by atoms with Crippen molar-refractivity contribution < 1.29 is 37.9 Å². The molecular formula is C34H40N4O8. The SMILES string of the molecule is COc1ccc2cc1-c1cc3c(c(c1)OCCCN(C(=O)C1CCCO1)CCCCNC2=O)OCCN(C(=O)c1cc(C)on1)C3. The fourth-order valence-corrected chi connectivity index (χ4v) is 6.10. The first-order chi connectivity index (χ1) is 22.4. The summed E-state index contributed by atoms with van der Waals surface area (Å²) >= 11 is 0. The van der Waals surface area contributed by atoms with E-state index in [0.29, 0.717) is 79.9 Å². The van der Waals surface area contributed by atoms with E-state index in [1.807, 2.05) is 17.0 Å². The number of nitrogens with zero attached hydrogens (tertiary/aromatic N) is 3. The van der Waals surface area contributed by atoms with Gasteiger partial charge in [-0.3, -0.25) is 14.4 Å². The number of hydrogen-bond donors (Lipinski definition) is 1. The van der Waals surface area contributed by atoms with Crippen molar-refractivity contribution in [3.63, 3.8) is 0 Å². The summed E-state index contributed by atoms with van der Waals surface area (Å²) in [5.74, 6) is 1.74. The number of aromatic nitrogens is 1. The number of aryl methyl sites for hydroxylation is 1. The van der Waals surface area contributed by atoms with Crippen LogP contribution in [0.5, 0.6) is 17.2 Å². The molecule has 4 bridgehead atoms. The van der Waals surface area contributed by atoms with Crippen LogP contribution in [0.3, 0.4) is 0 Å². The van der Waals surface area contributed by atoms with Crippen LogP contribution in [-0.2, 0) is 16.1 Å². The van der Waals surface area contributed by atoms with Crippen LogP contribution in [0.25, 0.3) is 11.1 Å². The predicted molar refractivity (Wildman–Crippen MR) is 167 cm³/mol. The highest BCUT2D eigenvalue weighted by Crippen LogP contribution is 2.41. The van der Waals surface area contributed by atoms with Crippen molar-refractivity contribution in [1.82, 2.24) is 20.3 Å². The van der Waals surface area contributed by atoms with Gasteiger partial charge in [-0.1, -0.05) is 5.16 Å². The van der Waals surface area contributed by atoms with E-state index in [1.165, 1.54) is 0 Å². The van der Waals surface area contributed by atoms with E-state index < -0.39 is 6.10 Å². The molecule has 3 aliphatic heterocycles. The third-order valence-corrected chi connectivity index (χ3v) is 8.49. The summed E-state index contributed by atoms with van der Waals surface area (Å²) in [6, 6.07) is 10.8. The molecule has 6 rings (SSSR count). The lowest BCUT2D eigenvalue weighted by molar-refractivity contribution is -0.141. The van der Waals surface area contributed by atoms with E-state index in [9.17, 15) is 14.4 Å². The number of rotatable bonds is 3. The molecule has 0 radical (unpaired) electrons. The second-order valence-electron chi connectivity index (χ2n) is 11.8. The maximum atomic E-state index is 13.4. The third kappa shape index (κ3) is 6.96. The summed E-state index contributed by atoms with van der Waals surface area (Å²) in [7, 11) is 1.59. The lowest BCUT2D eigenvalue weighted by Gasteiger charge is -2.25. The van der Waals surface area contributed by atoms with Crippen molar-refractivity contribution in [3.8, 4) is 28.4 Å². The number of benzene rings is 2. The van der Waals surface area contributed by atoms with Gasteiger partial charge in [-0.05, 0) is 74.9 Å². The van der Waals surface area contributed by atoms with Crippen LogP contribution < -0.4 is 19.5 Å². The number of hydrogen-bond acceptors (Lipinski definition) is 9. The normalized spacial score (nSPS) is 19.2. The van der Waals surface area contributed by atoms with Crippen molar-refractivity contribution in [1.29, 1.82) is 0 Å². The van der Waals surface area contributed by atoms with Gasteiger partial charge in [0.1, 0.15) is 24.2 Å². The monoisotopic (exact) mass is 632 g/mol. The second kappa shape index (κ2) is 14.2. The largest absolute Gasteiger partial charge is 0.496 e. The van der Waals surface area contributed by atoms with Crippen LogP contribution in [0.4, 0.5) is 0 Å². The smallest absolute Gasteiger partial charge is 0.276 e. The lowest BCUT2D eigenvalue weighted by Crippen LogP contribution is -2.40. The van der Waals surface area contributed by atoms with Gasteiger partial charge in [0.2, 0.25) is 0 Å².